The molecule has 3 aromatic carbocycles. The molecule has 0 atom stereocenters. The number of hydrogen-bond acceptors (Lipinski definition) is 5. The van der Waals surface area contributed by atoms with Crippen molar-refractivity contribution < 1.29 is 19.4 Å². The van der Waals surface area contributed by atoms with E-state index in [1.165, 1.54) is 12.1 Å². The number of aromatic carboxylic acids is 1. The highest BCUT2D eigenvalue weighted by atomic mass is 16.5. The van der Waals surface area contributed by atoms with Gasteiger partial charge in [0.2, 0.25) is 0 Å². The van der Waals surface area contributed by atoms with E-state index in [9.17, 15) is 19.5 Å². The molecule has 0 aliphatic carbocycles. The summed E-state index contributed by atoms with van der Waals surface area (Å²) in [5, 5.41) is 12.5. The molecule has 0 saturated heterocycles. The van der Waals surface area contributed by atoms with Crippen molar-refractivity contribution in [1.29, 1.82) is 0 Å². The van der Waals surface area contributed by atoms with Crippen LogP contribution in [0, 0.1) is 0 Å². The summed E-state index contributed by atoms with van der Waals surface area (Å²) in [5.41, 5.74) is 2.47. The van der Waals surface area contributed by atoms with Gasteiger partial charge < -0.3 is 15.2 Å². The van der Waals surface area contributed by atoms with E-state index in [0.29, 0.717) is 35.4 Å². The lowest BCUT2D eigenvalue weighted by molar-refractivity contribution is 0.0692. The molecule has 35 heavy (non-hydrogen) atoms. The van der Waals surface area contributed by atoms with Crippen molar-refractivity contribution in [3.05, 3.63) is 99.6 Å². The second-order valence-corrected chi connectivity index (χ2v) is 8.09. The third kappa shape index (κ3) is 4.06. The second kappa shape index (κ2) is 8.90. The van der Waals surface area contributed by atoms with Crippen molar-refractivity contribution in [1.82, 2.24) is 9.55 Å². The number of benzene rings is 3. The zero-order chi connectivity index (χ0) is 24.5. The van der Waals surface area contributed by atoms with Gasteiger partial charge >= 0.3 is 5.97 Å². The number of hydrogen-bond donors (Lipinski definition) is 2. The molecule has 1 aliphatic heterocycles. The minimum Gasteiger partial charge on any atom is -0.496 e. The van der Waals surface area contributed by atoms with Crippen LogP contribution < -0.4 is 15.6 Å². The van der Waals surface area contributed by atoms with Crippen LogP contribution in [0.3, 0.4) is 0 Å². The SMILES string of the molecule is COc1ccccc1C=C1CCn2c1nc1cc(NC(=O)c3ccccc3C(=O)O)ccc1c2=O. The highest BCUT2D eigenvalue weighted by molar-refractivity contribution is 6.11. The minimum atomic E-state index is -1.19. The smallest absolute Gasteiger partial charge is 0.336 e. The number of para-hydroxylation sites is 1. The lowest BCUT2D eigenvalue weighted by atomic mass is 10.1. The molecular weight excluding hydrogens is 446 g/mol. The Morgan fingerprint density at radius 3 is 2.57 bits per heavy atom. The summed E-state index contributed by atoms with van der Waals surface area (Å²) in [6, 6.07) is 18.5. The van der Waals surface area contributed by atoms with Crippen LogP contribution >= 0.6 is 0 Å². The molecule has 0 radical (unpaired) electrons. The molecular formula is C27H21N3O5. The fraction of sp³-hybridized carbons (Fsp3) is 0.111. The Hall–Kier alpha value is -4.72. The van der Waals surface area contributed by atoms with E-state index in [0.717, 1.165) is 16.9 Å². The average Bonchev–Trinajstić information content (AvgIpc) is 3.27. The number of carboxylic acid groups (broad SMARTS) is 1. The lowest BCUT2D eigenvalue weighted by Gasteiger charge is -2.10. The Kier molecular flexibility index (Phi) is 5.62. The highest BCUT2D eigenvalue weighted by Crippen LogP contribution is 2.30. The van der Waals surface area contributed by atoms with E-state index in [1.807, 2.05) is 30.3 Å². The second-order valence-electron chi connectivity index (χ2n) is 8.09. The lowest BCUT2D eigenvalue weighted by Crippen LogP contribution is -2.21. The van der Waals surface area contributed by atoms with Gasteiger partial charge in [-0.3, -0.25) is 14.2 Å². The largest absolute Gasteiger partial charge is 0.496 e. The van der Waals surface area contributed by atoms with Crippen LogP contribution in [0.2, 0.25) is 0 Å². The number of fused-ring (bicyclic) bond motifs is 2. The molecule has 0 unspecified atom stereocenters. The Labute approximate surface area is 200 Å². The zero-order valence-corrected chi connectivity index (χ0v) is 18.8. The molecule has 1 amide bonds. The van der Waals surface area contributed by atoms with Gasteiger partial charge in [0.15, 0.2) is 0 Å². The molecule has 8 nitrogen and oxygen atoms in total. The van der Waals surface area contributed by atoms with Gasteiger partial charge in [-0.15, -0.1) is 0 Å². The summed E-state index contributed by atoms with van der Waals surface area (Å²) >= 11 is 0. The summed E-state index contributed by atoms with van der Waals surface area (Å²) in [5.74, 6) is -0.438. The fourth-order valence-corrected chi connectivity index (χ4v) is 4.27. The van der Waals surface area contributed by atoms with E-state index in [2.05, 4.69) is 5.32 Å². The van der Waals surface area contributed by atoms with E-state index >= 15 is 0 Å². The maximum absolute atomic E-state index is 13.1. The first-order valence-electron chi connectivity index (χ1n) is 11.0. The molecule has 0 spiro atoms. The normalized spacial score (nSPS) is 13.6. The number of rotatable bonds is 5. The summed E-state index contributed by atoms with van der Waals surface area (Å²) < 4.78 is 7.10. The van der Waals surface area contributed by atoms with Crippen LogP contribution in [0.25, 0.3) is 22.6 Å². The number of anilines is 1. The van der Waals surface area contributed by atoms with Gasteiger partial charge in [0.05, 0.1) is 29.1 Å². The third-order valence-electron chi connectivity index (χ3n) is 5.98. The predicted molar refractivity (Wildman–Crippen MR) is 133 cm³/mol. The molecule has 0 bridgehead atoms. The van der Waals surface area contributed by atoms with Crippen LogP contribution in [0.4, 0.5) is 5.69 Å². The zero-order valence-electron chi connectivity index (χ0n) is 18.8. The number of amides is 1. The van der Waals surface area contributed by atoms with Crippen LogP contribution in [0.1, 0.15) is 38.5 Å². The van der Waals surface area contributed by atoms with E-state index in [4.69, 9.17) is 9.72 Å². The Morgan fingerprint density at radius 2 is 1.80 bits per heavy atom. The number of carbonyl (C=O) groups is 2. The fourth-order valence-electron chi connectivity index (χ4n) is 4.27. The maximum Gasteiger partial charge on any atom is 0.336 e. The third-order valence-corrected chi connectivity index (χ3v) is 5.98. The van der Waals surface area contributed by atoms with Crippen LogP contribution in [-0.4, -0.2) is 33.6 Å². The van der Waals surface area contributed by atoms with E-state index < -0.39 is 11.9 Å². The molecule has 0 fully saturated rings. The van der Waals surface area contributed by atoms with Gasteiger partial charge in [0.25, 0.3) is 11.5 Å². The molecule has 1 aliphatic rings. The van der Waals surface area contributed by atoms with Crippen molar-refractivity contribution in [2.24, 2.45) is 0 Å². The summed E-state index contributed by atoms with van der Waals surface area (Å²) in [6.07, 6.45) is 2.64. The molecule has 4 aromatic rings. The number of nitrogens with zero attached hydrogens (tertiary/aromatic N) is 2. The topological polar surface area (TPSA) is 111 Å². The molecule has 1 aromatic heterocycles. The molecule has 8 heteroatoms. The number of aromatic nitrogens is 2. The van der Waals surface area contributed by atoms with Crippen LogP contribution in [-0.2, 0) is 6.54 Å². The minimum absolute atomic E-state index is 0.0455. The van der Waals surface area contributed by atoms with Gasteiger partial charge in [-0.25, -0.2) is 9.78 Å². The van der Waals surface area contributed by atoms with Gasteiger partial charge in [-0.2, -0.15) is 0 Å². The highest BCUT2D eigenvalue weighted by Gasteiger charge is 2.22. The number of methoxy groups -OCH3 is 1. The summed E-state index contributed by atoms with van der Waals surface area (Å²) in [6.45, 7) is 0.530. The molecule has 0 saturated carbocycles. The van der Waals surface area contributed by atoms with Crippen molar-refractivity contribution in [2.75, 3.05) is 12.4 Å². The quantitative estimate of drug-likeness (QED) is 0.453. The first-order valence-corrected chi connectivity index (χ1v) is 11.0. The predicted octanol–water partition coefficient (Wildman–Crippen LogP) is 4.30. The molecule has 174 valence electrons. The maximum atomic E-state index is 13.1. The van der Waals surface area contributed by atoms with E-state index in [-0.39, 0.29) is 16.7 Å². The number of carboxylic acids is 1. The number of carbonyl (C=O) groups excluding carboxylic acids is 1. The van der Waals surface area contributed by atoms with Gasteiger partial charge in [-0.05, 0) is 54.5 Å². The number of allylic oxidation sites excluding steroid dienone is 1. The van der Waals surface area contributed by atoms with Gasteiger partial charge in [0, 0.05) is 17.8 Å². The number of nitrogens with one attached hydrogen (secondary N) is 1. The first-order chi connectivity index (χ1) is 17.0. The van der Waals surface area contributed by atoms with Crippen LogP contribution in [0.5, 0.6) is 5.75 Å². The van der Waals surface area contributed by atoms with Crippen molar-refractivity contribution in [2.45, 2.75) is 13.0 Å². The van der Waals surface area contributed by atoms with Gasteiger partial charge in [0.1, 0.15) is 11.6 Å². The summed E-state index contributed by atoms with van der Waals surface area (Å²) in [7, 11) is 1.61. The Balaban J connectivity index is 1.53. The molecule has 2 N–H and O–H groups in total. The van der Waals surface area contributed by atoms with Crippen molar-refractivity contribution >= 4 is 40.1 Å². The van der Waals surface area contributed by atoms with Crippen LogP contribution in [0.15, 0.2) is 71.5 Å². The molecule has 2 heterocycles. The summed E-state index contributed by atoms with van der Waals surface area (Å²) in [4.78, 5) is 42.1. The van der Waals surface area contributed by atoms with Gasteiger partial charge in [-0.1, -0.05) is 30.3 Å². The van der Waals surface area contributed by atoms with Crippen molar-refractivity contribution in [3.63, 3.8) is 0 Å². The Bertz CT molecular complexity index is 1590. The Morgan fingerprint density at radius 1 is 1.06 bits per heavy atom. The average molecular weight is 467 g/mol. The molecule has 5 rings (SSSR count). The van der Waals surface area contributed by atoms with Crippen molar-refractivity contribution in [3.8, 4) is 5.75 Å². The first kappa shape index (κ1) is 22.1. The number of ether oxygens (including phenoxy) is 1. The standard InChI is InChI=1S/C27H21N3O5/c1-35-23-9-5-2-6-16(23)14-17-12-13-30-24(17)29-22-15-18(10-11-21(22)26(30)32)28-25(31)19-7-3-4-8-20(19)27(33)34/h2-11,14-15H,12-13H2,1H3,(H,28,31)(H,33,34). The van der Waals surface area contributed by atoms with E-state index in [1.54, 1.807) is 42.0 Å². The monoisotopic (exact) mass is 467 g/mol.